The summed E-state index contributed by atoms with van der Waals surface area (Å²) in [7, 11) is 0. The Bertz CT molecular complexity index is 2220. The topological polar surface area (TPSA) is 3.24 Å². The average molecular weight is 548 g/mol. The van der Waals surface area contributed by atoms with Gasteiger partial charge in [-0.1, -0.05) is 140 Å². The summed E-state index contributed by atoms with van der Waals surface area (Å²) in [6.07, 6.45) is 0. The predicted octanol–water partition coefficient (Wildman–Crippen LogP) is 11.9. The van der Waals surface area contributed by atoms with Gasteiger partial charge in [0.2, 0.25) is 0 Å². The van der Waals surface area contributed by atoms with Crippen molar-refractivity contribution in [2.45, 2.75) is 0 Å². The maximum atomic E-state index is 2.35. The maximum Gasteiger partial charge on any atom is 0.0468 e. The third-order valence-corrected chi connectivity index (χ3v) is 8.43. The predicted molar refractivity (Wildman–Crippen MR) is 185 cm³/mol. The zero-order valence-corrected chi connectivity index (χ0v) is 23.7. The van der Waals surface area contributed by atoms with E-state index in [4.69, 9.17) is 0 Å². The van der Waals surface area contributed by atoms with E-state index in [9.17, 15) is 0 Å². The van der Waals surface area contributed by atoms with Crippen molar-refractivity contribution in [3.05, 3.63) is 176 Å². The van der Waals surface area contributed by atoms with Crippen molar-refractivity contribution in [1.82, 2.24) is 0 Å². The van der Waals surface area contributed by atoms with Gasteiger partial charge in [-0.15, -0.1) is 0 Å². The van der Waals surface area contributed by atoms with Gasteiger partial charge in [0.1, 0.15) is 0 Å². The minimum absolute atomic E-state index is 1.12. The Morgan fingerprint density at radius 3 is 1.56 bits per heavy atom. The van der Waals surface area contributed by atoms with Gasteiger partial charge in [0.05, 0.1) is 0 Å². The van der Waals surface area contributed by atoms with Crippen LogP contribution in [0.5, 0.6) is 0 Å². The van der Waals surface area contributed by atoms with Crippen molar-refractivity contribution in [2.75, 3.05) is 4.90 Å². The van der Waals surface area contributed by atoms with Crippen LogP contribution in [-0.2, 0) is 0 Å². The van der Waals surface area contributed by atoms with Crippen molar-refractivity contribution in [3.8, 4) is 22.3 Å². The molecule has 0 aliphatic heterocycles. The Balaban J connectivity index is 1.25. The minimum atomic E-state index is 1.12. The molecule has 0 fully saturated rings. The second-order valence-electron chi connectivity index (χ2n) is 11.0. The molecule has 43 heavy (non-hydrogen) atoms. The van der Waals surface area contributed by atoms with Gasteiger partial charge in [0, 0.05) is 17.1 Å². The van der Waals surface area contributed by atoms with Crippen molar-refractivity contribution < 1.29 is 0 Å². The van der Waals surface area contributed by atoms with Gasteiger partial charge >= 0.3 is 0 Å². The van der Waals surface area contributed by atoms with Gasteiger partial charge in [-0.25, -0.2) is 0 Å². The highest BCUT2D eigenvalue weighted by Crippen LogP contribution is 2.40. The van der Waals surface area contributed by atoms with Crippen LogP contribution in [0, 0.1) is 0 Å². The molecule has 0 saturated heterocycles. The van der Waals surface area contributed by atoms with Crippen molar-refractivity contribution >= 4 is 49.4 Å². The SMILES string of the molecule is c1ccc(-c2ccccc2-c2ccc(N(c3ccccc3)c3ccc4c(ccc5ccc6ccccc6c54)c3)cc2)cc1. The summed E-state index contributed by atoms with van der Waals surface area (Å²) in [6.45, 7) is 0. The Morgan fingerprint density at radius 2 is 0.814 bits per heavy atom. The monoisotopic (exact) mass is 547 g/mol. The summed E-state index contributed by atoms with van der Waals surface area (Å²) in [4.78, 5) is 2.35. The lowest BCUT2D eigenvalue weighted by molar-refractivity contribution is 1.29. The first-order chi connectivity index (χ1) is 21.3. The van der Waals surface area contributed by atoms with E-state index >= 15 is 0 Å². The zero-order chi connectivity index (χ0) is 28.6. The molecule has 202 valence electrons. The summed E-state index contributed by atoms with van der Waals surface area (Å²) in [5, 5.41) is 7.66. The van der Waals surface area contributed by atoms with E-state index in [1.807, 2.05) is 0 Å². The Hall–Kier alpha value is -5.66. The van der Waals surface area contributed by atoms with Gasteiger partial charge < -0.3 is 4.90 Å². The van der Waals surface area contributed by atoms with Crippen LogP contribution in [0.4, 0.5) is 17.1 Å². The average Bonchev–Trinajstić information content (AvgIpc) is 3.09. The molecule has 0 radical (unpaired) electrons. The van der Waals surface area contributed by atoms with Crippen LogP contribution in [0.2, 0.25) is 0 Å². The number of nitrogens with zero attached hydrogens (tertiary/aromatic N) is 1. The number of hydrogen-bond donors (Lipinski definition) is 0. The highest BCUT2D eigenvalue weighted by Gasteiger charge is 2.15. The summed E-state index contributed by atoms with van der Waals surface area (Å²) in [5.74, 6) is 0. The minimum Gasteiger partial charge on any atom is -0.310 e. The summed E-state index contributed by atoms with van der Waals surface area (Å²) in [6, 6.07) is 63.4. The molecule has 1 nitrogen and oxygen atoms in total. The molecule has 0 bridgehead atoms. The second kappa shape index (κ2) is 10.6. The first kappa shape index (κ1) is 25.1. The Morgan fingerprint density at radius 1 is 0.302 bits per heavy atom. The molecule has 8 rings (SSSR count). The molecule has 0 aliphatic rings. The molecule has 0 aliphatic carbocycles. The fourth-order valence-electron chi connectivity index (χ4n) is 6.38. The van der Waals surface area contributed by atoms with Crippen LogP contribution in [0.15, 0.2) is 176 Å². The van der Waals surface area contributed by atoms with Crippen molar-refractivity contribution in [1.29, 1.82) is 0 Å². The number of benzene rings is 8. The summed E-state index contributed by atoms with van der Waals surface area (Å²) >= 11 is 0. The van der Waals surface area contributed by atoms with Gasteiger partial charge in [-0.3, -0.25) is 0 Å². The van der Waals surface area contributed by atoms with Gasteiger partial charge in [-0.2, -0.15) is 0 Å². The van der Waals surface area contributed by atoms with Gasteiger partial charge in [-0.05, 0) is 91.0 Å². The highest BCUT2D eigenvalue weighted by atomic mass is 15.1. The molecular formula is C42H29N. The van der Waals surface area contributed by atoms with E-state index in [1.54, 1.807) is 0 Å². The molecule has 8 aromatic carbocycles. The molecule has 0 amide bonds. The van der Waals surface area contributed by atoms with Gasteiger partial charge in [0.25, 0.3) is 0 Å². The fourth-order valence-corrected chi connectivity index (χ4v) is 6.38. The summed E-state index contributed by atoms with van der Waals surface area (Å²) in [5.41, 5.74) is 8.29. The molecular weight excluding hydrogens is 518 g/mol. The lowest BCUT2D eigenvalue weighted by atomic mass is 9.94. The van der Waals surface area contributed by atoms with E-state index < -0.39 is 0 Å². The molecule has 0 saturated carbocycles. The second-order valence-corrected chi connectivity index (χ2v) is 11.0. The molecule has 8 aromatic rings. The molecule has 0 heterocycles. The number of para-hydroxylation sites is 1. The smallest absolute Gasteiger partial charge is 0.0468 e. The molecule has 0 atom stereocenters. The first-order valence-electron chi connectivity index (χ1n) is 14.8. The highest BCUT2D eigenvalue weighted by molar-refractivity contribution is 6.20. The van der Waals surface area contributed by atoms with E-state index in [0.717, 1.165) is 17.1 Å². The number of hydrogen-bond acceptors (Lipinski definition) is 1. The Labute approximate surface area is 251 Å². The molecule has 0 aromatic heterocycles. The lowest BCUT2D eigenvalue weighted by Crippen LogP contribution is -2.09. The van der Waals surface area contributed by atoms with E-state index in [-0.39, 0.29) is 0 Å². The molecule has 1 heteroatoms. The number of fused-ring (bicyclic) bond motifs is 5. The maximum absolute atomic E-state index is 2.35. The fraction of sp³-hybridized carbons (Fsp3) is 0. The number of anilines is 3. The normalized spacial score (nSPS) is 11.3. The zero-order valence-electron chi connectivity index (χ0n) is 23.7. The van der Waals surface area contributed by atoms with Crippen LogP contribution in [0.25, 0.3) is 54.6 Å². The van der Waals surface area contributed by atoms with E-state index in [1.165, 1.54) is 54.6 Å². The quantitative estimate of drug-likeness (QED) is 0.194. The third kappa shape index (κ3) is 4.52. The van der Waals surface area contributed by atoms with Crippen LogP contribution in [0.1, 0.15) is 0 Å². The summed E-state index contributed by atoms with van der Waals surface area (Å²) < 4.78 is 0. The third-order valence-electron chi connectivity index (χ3n) is 8.43. The van der Waals surface area contributed by atoms with Crippen LogP contribution in [-0.4, -0.2) is 0 Å². The van der Waals surface area contributed by atoms with Gasteiger partial charge in [0.15, 0.2) is 0 Å². The first-order valence-corrected chi connectivity index (χ1v) is 14.8. The number of rotatable bonds is 5. The van der Waals surface area contributed by atoms with Crippen LogP contribution in [0.3, 0.4) is 0 Å². The standard InChI is InChI=1S/C42H29N/c1-3-11-30(12-4-1)38-16-9-10-17-39(38)32-23-25-36(26-24-32)43(35-14-5-2-6-15-35)37-27-28-41-34(29-37)22-21-33-20-19-31-13-7-8-18-40(31)42(33)41/h1-29H. The van der Waals surface area contributed by atoms with Crippen LogP contribution >= 0.6 is 0 Å². The van der Waals surface area contributed by atoms with Crippen molar-refractivity contribution in [3.63, 3.8) is 0 Å². The molecule has 0 spiro atoms. The molecule has 0 unspecified atom stereocenters. The molecule has 0 N–H and O–H groups in total. The van der Waals surface area contributed by atoms with Crippen molar-refractivity contribution in [2.24, 2.45) is 0 Å². The van der Waals surface area contributed by atoms with E-state index in [2.05, 4.69) is 181 Å². The Kier molecular flexibility index (Phi) is 6.20. The van der Waals surface area contributed by atoms with Crippen LogP contribution < -0.4 is 4.90 Å². The van der Waals surface area contributed by atoms with E-state index in [0.29, 0.717) is 0 Å². The lowest BCUT2D eigenvalue weighted by Gasteiger charge is -2.26. The largest absolute Gasteiger partial charge is 0.310 e.